The van der Waals surface area contributed by atoms with Crippen molar-refractivity contribution in [1.82, 2.24) is 9.97 Å². The van der Waals surface area contributed by atoms with E-state index in [0.717, 1.165) is 0 Å². The summed E-state index contributed by atoms with van der Waals surface area (Å²) >= 11 is 0. The number of carbonyl (C=O) groups excluding carboxylic acids is 1. The van der Waals surface area contributed by atoms with Crippen molar-refractivity contribution in [2.75, 3.05) is 0 Å². The molecule has 0 saturated heterocycles. The zero-order valence-electron chi connectivity index (χ0n) is 9.24. The van der Waals surface area contributed by atoms with Crippen LogP contribution in [-0.4, -0.2) is 15.8 Å². The third-order valence-corrected chi connectivity index (χ3v) is 2.25. The van der Waals surface area contributed by atoms with Gasteiger partial charge in [0.25, 0.3) is 11.1 Å². The highest BCUT2D eigenvalue weighted by Gasteiger charge is 2.15. The van der Waals surface area contributed by atoms with Gasteiger partial charge in [-0.05, 0) is 24.3 Å². The molecule has 0 saturated carbocycles. The minimum Gasteiger partial charge on any atom is -0.288 e. The van der Waals surface area contributed by atoms with E-state index in [1.54, 1.807) is 0 Å². The highest BCUT2D eigenvalue weighted by Crippen LogP contribution is 1.99. The van der Waals surface area contributed by atoms with Gasteiger partial charge in [0, 0.05) is 12.4 Å². The van der Waals surface area contributed by atoms with E-state index in [9.17, 15) is 14.4 Å². The van der Waals surface area contributed by atoms with Crippen molar-refractivity contribution >= 4 is 5.78 Å². The summed E-state index contributed by atoms with van der Waals surface area (Å²) in [7, 11) is 0. The quantitative estimate of drug-likeness (QED) is 0.711. The standard InChI is InChI=1S/C13H8N2O3/c16-11(9-5-1-3-7-14-12(9)17)10-6-2-4-8-15-13(10)18/h1-8H. The van der Waals surface area contributed by atoms with E-state index >= 15 is 0 Å². The topological polar surface area (TPSA) is 77.0 Å². The zero-order chi connectivity index (χ0) is 13.0. The van der Waals surface area contributed by atoms with E-state index in [2.05, 4.69) is 9.97 Å². The van der Waals surface area contributed by atoms with Crippen molar-refractivity contribution in [3.05, 3.63) is 80.6 Å². The van der Waals surface area contributed by atoms with Crippen molar-refractivity contribution in [3.8, 4) is 0 Å². The third-order valence-electron chi connectivity index (χ3n) is 2.25. The van der Waals surface area contributed by atoms with Gasteiger partial charge in [-0.25, -0.2) is 9.97 Å². The molecule has 0 N–H and O–H groups in total. The van der Waals surface area contributed by atoms with Crippen molar-refractivity contribution in [2.24, 2.45) is 0 Å². The molecule has 2 aromatic rings. The molecule has 2 aromatic heterocycles. The van der Waals surface area contributed by atoms with Crippen LogP contribution in [0.2, 0.25) is 0 Å². The van der Waals surface area contributed by atoms with Crippen LogP contribution in [0.5, 0.6) is 0 Å². The summed E-state index contributed by atoms with van der Waals surface area (Å²) in [6, 6.07) is 8.76. The molecular weight excluding hydrogens is 232 g/mol. The molecule has 0 aliphatic heterocycles. The molecule has 0 amide bonds. The first-order valence-electron chi connectivity index (χ1n) is 5.15. The van der Waals surface area contributed by atoms with E-state index in [-0.39, 0.29) is 11.1 Å². The summed E-state index contributed by atoms with van der Waals surface area (Å²) in [5, 5.41) is 0. The van der Waals surface area contributed by atoms with E-state index in [1.165, 1.54) is 48.8 Å². The van der Waals surface area contributed by atoms with Crippen LogP contribution in [-0.2, 0) is 0 Å². The van der Waals surface area contributed by atoms with E-state index in [0.29, 0.717) is 0 Å². The summed E-state index contributed by atoms with van der Waals surface area (Å²) < 4.78 is 0. The maximum atomic E-state index is 12.1. The van der Waals surface area contributed by atoms with Crippen LogP contribution < -0.4 is 11.1 Å². The zero-order valence-corrected chi connectivity index (χ0v) is 9.24. The van der Waals surface area contributed by atoms with E-state index in [1.807, 2.05) is 0 Å². The first-order valence-corrected chi connectivity index (χ1v) is 5.15. The Kier molecular flexibility index (Phi) is 3.33. The lowest BCUT2D eigenvalue weighted by atomic mass is 10.1. The Bertz CT molecular complexity index is 653. The molecule has 0 atom stereocenters. The van der Waals surface area contributed by atoms with Gasteiger partial charge in [-0.2, -0.15) is 0 Å². The molecule has 5 nitrogen and oxygen atoms in total. The first-order chi connectivity index (χ1) is 8.70. The maximum Gasteiger partial charge on any atom is 0.280 e. The van der Waals surface area contributed by atoms with Crippen molar-refractivity contribution in [3.63, 3.8) is 0 Å². The number of nitrogens with zero attached hydrogens (tertiary/aromatic N) is 2. The largest absolute Gasteiger partial charge is 0.288 e. The van der Waals surface area contributed by atoms with Gasteiger partial charge in [0.1, 0.15) is 0 Å². The van der Waals surface area contributed by atoms with Crippen LogP contribution in [0.4, 0.5) is 0 Å². The van der Waals surface area contributed by atoms with Crippen LogP contribution in [0.25, 0.3) is 0 Å². The molecule has 0 aliphatic carbocycles. The second-order valence-electron chi connectivity index (χ2n) is 3.43. The van der Waals surface area contributed by atoms with Gasteiger partial charge < -0.3 is 0 Å². The average Bonchev–Trinajstić information content (AvgIpc) is 2.69. The molecule has 0 spiro atoms. The number of rotatable bonds is 2. The Morgan fingerprint density at radius 2 is 1.22 bits per heavy atom. The van der Waals surface area contributed by atoms with Crippen molar-refractivity contribution in [1.29, 1.82) is 0 Å². The van der Waals surface area contributed by atoms with E-state index in [4.69, 9.17) is 0 Å². The minimum atomic E-state index is -0.670. The second kappa shape index (κ2) is 5.09. The summed E-state index contributed by atoms with van der Waals surface area (Å²) in [6.45, 7) is 0. The molecule has 88 valence electrons. The van der Waals surface area contributed by atoms with Crippen LogP contribution in [0, 0.1) is 0 Å². The summed E-state index contributed by atoms with van der Waals surface area (Å²) in [5.74, 6) is -0.669. The molecule has 2 rings (SSSR count). The Balaban J connectivity index is 2.65. The van der Waals surface area contributed by atoms with Gasteiger partial charge in [0.2, 0.25) is 5.78 Å². The minimum absolute atomic E-state index is 0.148. The predicted molar refractivity (Wildman–Crippen MR) is 64.4 cm³/mol. The molecule has 5 heteroatoms. The highest BCUT2D eigenvalue weighted by atomic mass is 16.2. The molecule has 0 unspecified atom stereocenters. The van der Waals surface area contributed by atoms with Crippen molar-refractivity contribution < 1.29 is 4.79 Å². The molecule has 0 aliphatic rings. The van der Waals surface area contributed by atoms with Gasteiger partial charge in [0.15, 0.2) is 0 Å². The Morgan fingerprint density at radius 1 is 0.778 bits per heavy atom. The molecule has 2 heterocycles. The number of ketones is 1. The Labute approximate surface area is 102 Å². The van der Waals surface area contributed by atoms with Gasteiger partial charge >= 0.3 is 0 Å². The second-order valence-corrected chi connectivity index (χ2v) is 3.43. The molecule has 0 bridgehead atoms. The van der Waals surface area contributed by atoms with Crippen molar-refractivity contribution in [2.45, 2.75) is 0 Å². The Hall–Kier alpha value is -2.69. The summed E-state index contributed by atoms with van der Waals surface area (Å²) in [6.07, 6.45) is 2.58. The molecular formula is C13H8N2O3. The van der Waals surface area contributed by atoms with Crippen LogP contribution in [0.1, 0.15) is 15.9 Å². The van der Waals surface area contributed by atoms with Gasteiger partial charge in [-0.3, -0.25) is 14.4 Å². The fourth-order valence-electron chi connectivity index (χ4n) is 1.40. The van der Waals surface area contributed by atoms with Crippen LogP contribution >= 0.6 is 0 Å². The lowest BCUT2D eigenvalue weighted by Gasteiger charge is -1.92. The molecule has 0 radical (unpaired) electrons. The maximum absolute atomic E-state index is 12.1. The summed E-state index contributed by atoms with van der Waals surface area (Å²) in [4.78, 5) is 42.3. The van der Waals surface area contributed by atoms with Crippen LogP contribution in [0.3, 0.4) is 0 Å². The average molecular weight is 240 g/mol. The van der Waals surface area contributed by atoms with Gasteiger partial charge in [-0.1, -0.05) is 12.1 Å². The fraction of sp³-hybridized carbons (Fsp3) is 0. The SMILES string of the molecule is O=C(c1ccccnc1=O)c1ccccnc1=O. The lowest BCUT2D eigenvalue weighted by Crippen LogP contribution is -2.21. The lowest BCUT2D eigenvalue weighted by molar-refractivity contribution is 0.103. The molecule has 0 fully saturated rings. The third kappa shape index (κ3) is 2.35. The fourth-order valence-corrected chi connectivity index (χ4v) is 1.40. The smallest absolute Gasteiger partial charge is 0.280 e. The van der Waals surface area contributed by atoms with Crippen LogP contribution in [0.15, 0.2) is 58.4 Å². The number of carbonyl (C=O) groups is 1. The molecule has 18 heavy (non-hydrogen) atoms. The summed E-state index contributed by atoms with van der Waals surface area (Å²) in [5.41, 5.74) is -1.64. The van der Waals surface area contributed by atoms with Gasteiger partial charge in [0.05, 0.1) is 11.1 Å². The highest BCUT2D eigenvalue weighted by molar-refractivity contribution is 6.08. The first kappa shape index (κ1) is 11.8. The van der Waals surface area contributed by atoms with E-state index < -0.39 is 16.9 Å². The predicted octanol–water partition coefficient (Wildman–Crippen LogP) is 0.428. The number of hydrogen-bond acceptors (Lipinski definition) is 5. The Morgan fingerprint density at radius 3 is 1.67 bits per heavy atom. The number of aromatic nitrogens is 2. The number of hydrogen-bond donors (Lipinski definition) is 0. The molecule has 0 aromatic carbocycles. The van der Waals surface area contributed by atoms with Gasteiger partial charge in [-0.15, -0.1) is 0 Å². The monoisotopic (exact) mass is 240 g/mol. The normalized spacial score (nSPS) is 9.78.